The van der Waals surface area contributed by atoms with Gasteiger partial charge in [-0.2, -0.15) is 0 Å². The average Bonchev–Trinajstić information content (AvgIpc) is 2.86. The molecule has 0 saturated heterocycles. The number of hydrogen-bond donors (Lipinski definition) is 1. The van der Waals surface area contributed by atoms with Crippen molar-refractivity contribution in [3.63, 3.8) is 0 Å². The molecular weight excluding hydrogens is 456 g/mol. The van der Waals surface area contributed by atoms with Crippen LogP contribution in [0.3, 0.4) is 0 Å². The van der Waals surface area contributed by atoms with E-state index in [1.54, 1.807) is 14.2 Å². The van der Waals surface area contributed by atoms with Crippen LogP contribution in [0.1, 0.15) is 36.8 Å². The van der Waals surface area contributed by atoms with Crippen LogP contribution in [-0.4, -0.2) is 47.2 Å². The Kier molecular flexibility index (Phi) is 13.1. The molecule has 35 heavy (non-hydrogen) atoms. The van der Waals surface area contributed by atoms with Gasteiger partial charge in [-0.3, -0.25) is 0 Å². The Bertz CT molecular complexity index is 856. The fourth-order valence-corrected chi connectivity index (χ4v) is 6.67. The summed E-state index contributed by atoms with van der Waals surface area (Å²) in [5.41, 5.74) is 4.27. The van der Waals surface area contributed by atoms with Crippen LogP contribution in [0.15, 0.2) is 60.2 Å². The van der Waals surface area contributed by atoms with Gasteiger partial charge >= 0.3 is 0 Å². The molecule has 0 spiro atoms. The van der Waals surface area contributed by atoms with Gasteiger partial charge in [0.1, 0.15) is 11.5 Å². The summed E-state index contributed by atoms with van der Waals surface area (Å²) in [4.78, 5) is 0. The highest BCUT2D eigenvalue weighted by Gasteiger charge is 2.29. The van der Waals surface area contributed by atoms with Crippen molar-refractivity contribution in [1.29, 1.82) is 0 Å². The van der Waals surface area contributed by atoms with Crippen molar-refractivity contribution in [2.75, 3.05) is 34.0 Å². The average molecular weight is 501 g/mol. The van der Waals surface area contributed by atoms with Gasteiger partial charge in [-0.1, -0.05) is 55.6 Å². The van der Waals surface area contributed by atoms with Crippen molar-refractivity contribution in [3.8, 4) is 11.5 Å². The molecule has 0 saturated carbocycles. The topological polar surface area (TPSA) is 57.2 Å². The summed E-state index contributed by atoms with van der Waals surface area (Å²) in [6.45, 7) is 10.1. The first-order valence-electron chi connectivity index (χ1n) is 12.6. The van der Waals surface area contributed by atoms with E-state index in [1.807, 2.05) is 48.5 Å². The fraction of sp³-hybridized carbons (Fsp3) is 0.517. The van der Waals surface area contributed by atoms with E-state index in [1.165, 1.54) is 5.57 Å². The summed E-state index contributed by atoms with van der Waals surface area (Å²) in [7, 11) is 1.90. The summed E-state index contributed by atoms with van der Waals surface area (Å²) in [5.74, 6) is 1.71. The number of hydrogen-bond acceptors (Lipinski definition) is 5. The Balaban J connectivity index is 1.92. The van der Waals surface area contributed by atoms with Crippen molar-refractivity contribution in [2.24, 2.45) is 0 Å². The molecule has 5 nitrogen and oxygen atoms in total. The fourth-order valence-electron chi connectivity index (χ4n) is 4.23. The smallest absolute Gasteiger partial charge is 0.118 e. The van der Waals surface area contributed by atoms with Crippen LogP contribution >= 0.6 is 0 Å². The lowest BCUT2D eigenvalue weighted by Gasteiger charge is -2.32. The Morgan fingerprint density at radius 1 is 0.829 bits per heavy atom. The molecule has 1 atom stereocenters. The first-order chi connectivity index (χ1) is 16.9. The van der Waals surface area contributed by atoms with Crippen molar-refractivity contribution in [3.05, 3.63) is 71.3 Å². The minimum atomic E-state index is -1.45. The van der Waals surface area contributed by atoms with Crippen LogP contribution in [0.2, 0.25) is 25.2 Å². The standard InChI is InChI=1S/C29H44O5Si/c1-31-27-14-10-24(11-15-27)22-33-20-7-8-26(29(9-6-19-30)35(3,4)5)18-21-34-23-25-12-16-28(32-2)17-13-25/h8,10-17,29-30H,6-7,9,18-23H2,1-5H3/b26-8+. The Hall–Kier alpha value is -2.12. The van der Waals surface area contributed by atoms with Crippen LogP contribution in [0.5, 0.6) is 11.5 Å². The molecule has 0 amide bonds. The Morgan fingerprint density at radius 3 is 1.80 bits per heavy atom. The van der Waals surface area contributed by atoms with Gasteiger partial charge in [0.05, 0.1) is 48.7 Å². The number of methoxy groups -OCH3 is 2. The SMILES string of the molecule is COc1ccc(COCC/C=C(\CCOCc2ccc(OC)cc2)C(CCCO)[Si](C)(C)C)cc1. The van der Waals surface area contributed by atoms with Crippen LogP contribution in [0, 0.1) is 0 Å². The predicted molar refractivity (Wildman–Crippen MR) is 146 cm³/mol. The van der Waals surface area contributed by atoms with Gasteiger partial charge in [-0.25, -0.2) is 0 Å². The van der Waals surface area contributed by atoms with Gasteiger partial charge in [0, 0.05) is 6.61 Å². The third kappa shape index (κ3) is 11.0. The second-order valence-electron chi connectivity index (χ2n) is 9.90. The molecule has 1 N–H and O–H groups in total. The van der Waals surface area contributed by atoms with E-state index in [0.29, 0.717) is 32.0 Å². The van der Waals surface area contributed by atoms with Crippen molar-refractivity contribution in [1.82, 2.24) is 0 Å². The highest BCUT2D eigenvalue weighted by Crippen LogP contribution is 2.36. The molecular formula is C29H44O5Si. The molecule has 0 fully saturated rings. The third-order valence-corrected chi connectivity index (χ3v) is 8.95. The van der Waals surface area contributed by atoms with E-state index in [0.717, 1.165) is 48.3 Å². The zero-order chi connectivity index (χ0) is 25.5. The maximum atomic E-state index is 9.46. The van der Waals surface area contributed by atoms with Crippen LogP contribution in [-0.2, 0) is 22.7 Å². The van der Waals surface area contributed by atoms with Gasteiger partial charge in [-0.15, -0.1) is 0 Å². The molecule has 2 aromatic carbocycles. The summed E-state index contributed by atoms with van der Waals surface area (Å²) in [6.07, 6.45) is 6.03. The van der Waals surface area contributed by atoms with E-state index in [9.17, 15) is 5.11 Å². The third-order valence-electron chi connectivity index (χ3n) is 6.20. The molecule has 1 unspecified atom stereocenters. The maximum Gasteiger partial charge on any atom is 0.118 e. The normalized spacial score (nSPS) is 13.0. The zero-order valence-electron chi connectivity index (χ0n) is 22.2. The van der Waals surface area contributed by atoms with E-state index < -0.39 is 8.07 Å². The molecule has 0 aliphatic heterocycles. The number of aliphatic hydroxyl groups excluding tert-OH is 1. The largest absolute Gasteiger partial charge is 0.497 e. The maximum absolute atomic E-state index is 9.46. The molecule has 0 aromatic heterocycles. The molecule has 2 aromatic rings. The summed E-state index contributed by atoms with van der Waals surface area (Å²) >= 11 is 0. The quantitative estimate of drug-likeness (QED) is 0.150. The molecule has 0 bridgehead atoms. The minimum Gasteiger partial charge on any atom is -0.497 e. The highest BCUT2D eigenvalue weighted by molar-refractivity contribution is 6.78. The van der Waals surface area contributed by atoms with E-state index in [-0.39, 0.29) is 6.61 Å². The van der Waals surface area contributed by atoms with Crippen molar-refractivity contribution < 1.29 is 24.1 Å². The van der Waals surface area contributed by atoms with Crippen LogP contribution in [0.4, 0.5) is 0 Å². The first kappa shape index (κ1) is 29.1. The van der Waals surface area contributed by atoms with Crippen LogP contribution < -0.4 is 9.47 Å². The lowest BCUT2D eigenvalue weighted by Crippen LogP contribution is -2.30. The van der Waals surface area contributed by atoms with Gasteiger partial charge in [0.25, 0.3) is 0 Å². The summed E-state index contributed by atoms with van der Waals surface area (Å²) in [6, 6.07) is 16.0. The van der Waals surface area contributed by atoms with Gasteiger partial charge in [-0.05, 0) is 66.6 Å². The van der Waals surface area contributed by atoms with Crippen LogP contribution in [0.25, 0.3) is 0 Å². The minimum absolute atomic E-state index is 0.243. The molecule has 0 aliphatic carbocycles. The van der Waals surface area contributed by atoms with Gasteiger partial charge in [0.2, 0.25) is 0 Å². The molecule has 0 heterocycles. The lowest BCUT2D eigenvalue weighted by atomic mass is 10.0. The summed E-state index contributed by atoms with van der Waals surface area (Å²) < 4.78 is 22.4. The first-order valence-corrected chi connectivity index (χ1v) is 16.2. The monoisotopic (exact) mass is 500 g/mol. The number of benzene rings is 2. The Labute approximate surface area is 213 Å². The lowest BCUT2D eigenvalue weighted by molar-refractivity contribution is 0.121. The van der Waals surface area contributed by atoms with E-state index in [2.05, 4.69) is 25.7 Å². The molecule has 0 radical (unpaired) electrons. The van der Waals surface area contributed by atoms with Crippen molar-refractivity contribution >= 4 is 8.07 Å². The molecule has 2 rings (SSSR count). The highest BCUT2D eigenvalue weighted by atomic mass is 28.3. The second kappa shape index (κ2) is 15.8. The molecule has 0 aliphatic rings. The summed E-state index contributed by atoms with van der Waals surface area (Å²) in [5, 5.41) is 9.46. The number of ether oxygens (including phenoxy) is 4. The molecule has 6 heteroatoms. The van der Waals surface area contributed by atoms with Crippen molar-refractivity contribution in [2.45, 2.75) is 64.1 Å². The second-order valence-corrected chi connectivity index (χ2v) is 15.3. The Morgan fingerprint density at radius 2 is 1.34 bits per heavy atom. The van der Waals surface area contributed by atoms with Gasteiger partial charge < -0.3 is 24.1 Å². The van der Waals surface area contributed by atoms with E-state index in [4.69, 9.17) is 18.9 Å². The van der Waals surface area contributed by atoms with E-state index >= 15 is 0 Å². The zero-order valence-corrected chi connectivity index (χ0v) is 23.2. The number of aliphatic hydroxyl groups is 1. The predicted octanol–water partition coefficient (Wildman–Crippen LogP) is 6.62. The number of rotatable bonds is 17. The van der Waals surface area contributed by atoms with Gasteiger partial charge in [0.15, 0.2) is 0 Å². The molecule has 194 valence electrons.